The quantitative estimate of drug-likeness (QED) is 0.743. The van der Waals surface area contributed by atoms with E-state index in [1.54, 1.807) is 17.0 Å². The molecule has 138 valence electrons. The van der Waals surface area contributed by atoms with Gasteiger partial charge < -0.3 is 14.4 Å². The van der Waals surface area contributed by atoms with Crippen LogP contribution in [0.15, 0.2) is 40.8 Å². The van der Waals surface area contributed by atoms with E-state index >= 15 is 0 Å². The lowest BCUT2D eigenvalue weighted by molar-refractivity contribution is -0.149. The maximum atomic E-state index is 12.9. The lowest BCUT2D eigenvalue weighted by atomic mass is 9.81. The van der Waals surface area contributed by atoms with E-state index in [4.69, 9.17) is 4.42 Å². The van der Waals surface area contributed by atoms with Crippen LogP contribution < -0.4 is 0 Å². The highest BCUT2D eigenvalue weighted by Crippen LogP contribution is 2.49. The normalized spacial score (nSPS) is 24.4. The van der Waals surface area contributed by atoms with Gasteiger partial charge in [-0.3, -0.25) is 9.59 Å². The number of thiazole rings is 1. The lowest BCUT2D eigenvalue weighted by Gasteiger charge is -2.22. The molecule has 6 nitrogen and oxygen atoms in total. The number of aliphatic carboxylic acids is 1. The largest absolute Gasteiger partial charge is 0.481 e. The van der Waals surface area contributed by atoms with Gasteiger partial charge in [0.1, 0.15) is 0 Å². The van der Waals surface area contributed by atoms with Gasteiger partial charge in [0.05, 0.1) is 15.6 Å². The molecule has 7 heteroatoms. The summed E-state index contributed by atoms with van der Waals surface area (Å²) in [5, 5.41) is 10.4. The highest BCUT2D eigenvalue weighted by Gasteiger charge is 2.56. The van der Waals surface area contributed by atoms with Gasteiger partial charge in [0, 0.05) is 13.1 Å². The number of carboxylic acids is 1. The first kappa shape index (κ1) is 16.5. The summed E-state index contributed by atoms with van der Waals surface area (Å²) in [5.41, 5.74) is 0.121. The minimum absolute atomic E-state index is 0.0395. The first-order valence-electron chi connectivity index (χ1n) is 9.05. The van der Waals surface area contributed by atoms with Gasteiger partial charge in [0.25, 0.3) is 5.91 Å². The average molecular weight is 382 g/mol. The first-order chi connectivity index (χ1) is 13.1. The van der Waals surface area contributed by atoms with Crippen molar-refractivity contribution in [3.05, 3.63) is 42.2 Å². The topological polar surface area (TPSA) is 83.6 Å². The lowest BCUT2D eigenvalue weighted by Crippen LogP contribution is -2.37. The van der Waals surface area contributed by atoms with E-state index in [0.29, 0.717) is 18.7 Å². The molecule has 27 heavy (non-hydrogen) atoms. The van der Waals surface area contributed by atoms with Crippen LogP contribution in [0.2, 0.25) is 0 Å². The summed E-state index contributed by atoms with van der Waals surface area (Å²) in [6.07, 6.45) is 2.43. The Kier molecular flexibility index (Phi) is 3.62. The van der Waals surface area contributed by atoms with Gasteiger partial charge in [-0.05, 0) is 43.0 Å². The number of para-hydroxylation sites is 1. The molecule has 1 saturated heterocycles. The molecule has 1 aliphatic carbocycles. The molecule has 2 atom stereocenters. The Hall–Kier alpha value is -2.67. The number of carboxylic acid groups (broad SMARTS) is 1. The van der Waals surface area contributed by atoms with E-state index in [1.165, 1.54) is 11.3 Å². The van der Waals surface area contributed by atoms with Crippen molar-refractivity contribution >= 4 is 33.4 Å². The van der Waals surface area contributed by atoms with Crippen molar-refractivity contribution in [2.75, 3.05) is 13.1 Å². The van der Waals surface area contributed by atoms with Crippen molar-refractivity contribution in [3.8, 4) is 10.8 Å². The minimum atomic E-state index is -0.782. The predicted octanol–water partition coefficient (Wildman–Crippen LogP) is 3.88. The molecule has 2 aromatic heterocycles. The van der Waals surface area contributed by atoms with Crippen molar-refractivity contribution in [2.24, 2.45) is 11.3 Å². The number of rotatable bonds is 3. The van der Waals surface area contributed by atoms with E-state index in [2.05, 4.69) is 4.98 Å². The molecule has 2 fully saturated rings. The molecule has 0 spiro atoms. The van der Waals surface area contributed by atoms with Crippen LogP contribution in [0.4, 0.5) is 0 Å². The fourth-order valence-corrected chi connectivity index (χ4v) is 5.42. The zero-order valence-corrected chi connectivity index (χ0v) is 15.4. The number of amides is 1. The fourth-order valence-electron chi connectivity index (χ4n) is 4.49. The number of nitrogens with zero attached hydrogens (tertiary/aromatic N) is 2. The Morgan fingerprint density at radius 1 is 1.26 bits per heavy atom. The number of carbonyl (C=O) groups excluding carboxylic acids is 1. The summed E-state index contributed by atoms with van der Waals surface area (Å²) in [5.74, 6) is -0.179. The molecule has 1 aliphatic heterocycles. The van der Waals surface area contributed by atoms with Gasteiger partial charge >= 0.3 is 5.97 Å². The number of furan rings is 1. The molecule has 1 aromatic carbocycles. The van der Waals surface area contributed by atoms with Crippen LogP contribution in [0.3, 0.4) is 0 Å². The summed E-state index contributed by atoms with van der Waals surface area (Å²) in [7, 11) is 0. The number of carbonyl (C=O) groups is 2. The molecule has 2 aliphatic rings. The van der Waals surface area contributed by atoms with Crippen LogP contribution in [-0.4, -0.2) is 40.0 Å². The second kappa shape index (κ2) is 5.92. The Morgan fingerprint density at radius 2 is 2.11 bits per heavy atom. The molecular weight excluding hydrogens is 364 g/mol. The third-order valence-corrected chi connectivity index (χ3v) is 6.96. The van der Waals surface area contributed by atoms with Gasteiger partial charge in [0.15, 0.2) is 16.5 Å². The van der Waals surface area contributed by atoms with Crippen LogP contribution in [0, 0.1) is 11.3 Å². The van der Waals surface area contributed by atoms with Crippen molar-refractivity contribution in [1.82, 2.24) is 9.88 Å². The van der Waals surface area contributed by atoms with Crippen LogP contribution in [0.1, 0.15) is 29.8 Å². The number of fused-ring (bicyclic) bond motifs is 2. The second-order valence-electron chi connectivity index (χ2n) is 7.39. The van der Waals surface area contributed by atoms with Crippen molar-refractivity contribution in [1.29, 1.82) is 0 Å². The number of benzene rings is 1. The molecule has 1 N–H and O–H groups in total. The second-order valence-corrected chi connectivity index (χ2v) is 8.42. The molecule has 0 unspecified atom stereocenters. The molecule has 0 bridgehead atoms. The summed E-state index contributed by atoms with van der Waals surface area (Å²) < 4.78 is 6.86. The van der Waals surface area contributed by atoms with Gasteiger partial charge in [0.2, 0.25) is 0 Å². The standard InChI is InChI=1S/C20H18N2O4S/c23-18(22-10-12-4-3-9-20(12,11-22)19(24)25)15-8-7-14(26-15)17-21-13-5-1-2-6-16(13)27-17/h1-2,5-8,12H,3-4,9-11H2,(H,24,25)/t12-,20+/m0/s1. The van der Waals surface area contributed by atoms with Gasteiger partial charge in [-0.15, -0.1) is 11.3 Å². The molecule has 0 radical (unpaired) electrons. The molecular formula is C20H18N2O4S. The first-order valence-corrected chi connectivity index (χ1v) is 9.87. The smallest absolute Gasteiger partial charge is 0.311 e. The van der Waals surface area contributed by atoms with E-state index in [9.17, 15) is 14.7 Å². The van der Waals surface area contributed by atoms with Crippen molar-refractivity contribution in [3.63, 3.8) is 0 Å². The minimum Gasteiger partial charge on any atom is -0.481 e. The zero-order chi connectivity index (χ0) is 18.6. The Morgan fingerprint density at radius 3 is 2.89 bits per heavy atom. The summed E-state index contributed by atoms with van der Waals surface area (Å²) >= 11 is 1.52. The van der Waals surface area contributed by atoms with Crippen LogP contribution in [0.25, 0.3) is 21.0 Å². The van der Waals surface area contributed by atoms with Crippen LogP contribution in [-0.2, 0) is 4.79 Å². The molecule has 5 rings (SSSR count). The fraction of sp³-hybridized carbons (Fsp3) is 0.350. The molecule has 1 saturated carbocycles. The Bertz CT molecular complexity index is 1020. The number of likely N-dealkylation sites (tertiary alicyclic amines) is 1. The SMILES string of the molecule is O=C(c1ccc(-c2nc3ccccc3s2)o1)N1C[C@@H]2CCC[C@@]2(C(=O)O)C1. The Labute approximate surface area is 159 Å². The highest BCUT2D eigenvalue weighted by molar-refractivity contribution is 7.21. The zero-order valence-electron chi connectivity index (χ0n) is 14.6. The summed E-state index contributed by atoms with van der Waals surface area (Å²) in [6.45, 7) is 0.755. The third-order valence-electron chi connectivity index (χ3n) is 5.91. The van der Waals surface area contributed by atoms with Gasteiger partial charge in [-0.2, -0.15) is 0 Å². The Balaban J connectivity index is 1.40. The maximum Gasteiger partial charge on any atom is 0.311 e. The van der Waals surface area contributed by atoms with Crippen LogP contribution >= 0.6 is 11.3 Å². The molecule has 1 amide bonds. The van der Waals surface area contributed by atoms with Crippen molar-refractivity contribution < 1.29 is 19.1 Å². The summed E-state index contributed by atoms with van der Waals surface area (Å²) in [6, 6.07) is 11.3. The van der Waals surface area contributed by atoms with E-state index in [1.807, 2.05) is 24.3 Å². The number of hydrogen-bond acceptors (Lipinski definition) is 5. The molecule has 3 heterocycles. The van der Waals surface area contributed by atoms with Crippen LogP contribution in [0.5, 0.6) is 0 Å². The maximum absolute atomic E-state index is 12.9. The third kappa shape index (κ3) is 2.49. The average Bonchev–Trinajstić information content (AvgIpc) is 3.41. The van der Waals surface area contributed by atoms with E-state index in [-0.39, 0.29) is 24.1 Å². The van der Waals surface area contributed by atoms with E-state index < -0.39 is 11.4 Å². The van der Waals surface area contributed by atoms with Gasteiger partial charge in [-0.25, -0.2) is 4.98 Å². The predicted molar refractivity (Wildman–Crippen MR) is 101 cm³/mol. The van der Waals surface area contributed by atoms with Crippen molar-refractivity contribution in [2.45, 2.75) is 19.3 Å². The number of aromatic nitrogens is 1. The molecule has 3 aromatic rings. The van der Waals surface area contributed by atoms with Gasteiger partial charge in [-0.1, -0.05) is 18.6 Å². The monoisotopic (exact) mass is 382 g/mol. The summed E-state index contributed by atoms with van der Waals surface area (Å²) in [4.78, 5) is 30.9. The highest BCUT2D eigenvalue weighted by atomic mass is 32.1. The van der Waals surface area contributed by atoms with E-state index in [0.717, 1.165) is 28.1 Å². The number of hydrogen-bond donors (Lipinski definition) is 1.